The molecule has 0 unspecified atom stereocenters. The van der Waals surface area contributed by atoms with Crippen molar-refractivity contribution in [1.29, 1.82) is 0 Å². The summed E-state index contributed by atoms with van der Waals surface area (Å²) in [4.78, 5) is 0. The molecular formula is C5H9IO. The molecule has 0 radical (unpaired) electrons. The van der Waals surface area contributed by atoms with Gasteiger partial charge in [-0.05, 0) is 0 Å². The Morgan fingerprint density at radius 2 is 2.57 bits per heavy atom. The van der Waals surface area contributed by atoms with Gasteiger partial charge in [-0.25, -0.2) is 0 Å². The molecular weight excluding hydrogens is 203 g/mol. The lowest BCUT2D eigenvalue weighted by atomic mass is 10.0. The average molecular weight is 212 g/mol. The minimum absolute atomic E-state index is 0.570. The predicted octanol–water partition coefficient (Wildman–Crippen LogP) is 1.46. The minimum Gasteiger partial charge on any atom is -0.377 e. The van der Waals surface area contributed by atoms with Gasteiger partial charge >= 0.3 is 0 Å². The van der Waals surface area contributed by atoms with Gasteiger partial charge in [0.2, 0.25) is 0 Å². The van der Waals surface area contributed by atoms with E-state index in [9.17, 15) is 0 Å². The molecule has 0 aromatic carbocycles. The second-order valence-corrected chi connectivity index (χ2v) is 2.88. The molecule has 0 bridgehead atoms. The molecule has 1 rings (SSSR count). The first-order valence-corrected chi connectivity index (χ1v) is 4.04. The van der Waals surface area contributed by atoms with Crippen molar-refractivity contribution < 1.29 is 4.74 Å². The van der Waals surface area contributed by atoms with Crippen LogP contribution in [0.1, 0.15) is 6.92 Å². The average Bonchev–Trinajstić information content (AvgIpc) is 1.65. The van der Waals surface area contributed by atoms with Crippen LogP contribution in [-0.2, 0) is 4.74 Å². The first-order valence-electron chi connectivity index (χ1n) is 2.52. The van der Waals surface area contributed by atoms with Crippen LogP contribution < -0.4 is 0 Å². The maximum absolute atomic E-state index is 5.18. The Hall–Kier alpha value is 0.690. The van der Waals surface area contributed by atoms with Crippen LogP contribution in [0.15, 0.2) is 0 Å². The van der Waals surface area contributed by atoms with Gasteiger partial charge in [-0.3, -0.25) is 0 Å². The van der Waals surface area contributed by atoms with E-state index in [4.69, 9.17) is 4.74 Å². The van der Waals surface area contributed by atoms with Gasteiger partial charge in [0, 0.05) is 10.3 Å². The van der Waals surface area contributed by atoms with Crippen molar-refractivity contribution in [1.82, 2.24) is 0 Å². The van der Waals surface area contributed by atoms with Crippen LogP contribution in [0.25, 0.3) is 0 Å². The molecule has 0 aliphatic carbocycles. The van der Waals surface area contributed by atoms with Crippen molar-refractivity contribution >= 4 is 22.6 Å². The molecule has 1 aliphatic heterocycles. The zero-order valence-electron chi connectivity index (χ0n) is 4.36. The molecule has 1 aliphatic rings. The summed E-state index contributed by atoms with van der Waals surface area (Å²) in [5.41, 5.74) is 0. The van der Waals surface area contributed by atoms with E-state index >= 15 is 0 Å². The molecule has 1 nitrogen and oxygen atoms in total. The fourth-order valence-corrected chi connectivity index (χ4v) is 1.74. The minimum atomic E-state index is 0.570. The van der Waals surface area contributed by atoms with E-state index in [-0.39, 0.29) is 0 Å². The number of rotatable bonds is 1. The Morgan fingerprint density at radius 1 is 1.86 bits per heavy atom. The molecule has 2 heteroatoms. The SMILES string of the molecule is C[C@H]1CO[C@H]1CI. The summed E-state index contributed by atoms with van der Waals surface area (Å²) in [5.74, 6) is 0.817. The topological polar surface area (TPSA) is 9.23 Å². The highest BCUT2D eigenvalue weighted by Crippen LogP contribution is 2.20. The summed E-state index contributed by atoms with van der Waals surface area (Å²) in [6, 6.07) is 0. The largest absolute Gasteiger partial charge is 0.377 e. The van der Waals surface area contributed by atoms with Crippen molar-refractivity contribution in [2.75, 3.05) is 11.0 Å². The lowest BCUT2D eigenvalue weighted by Crippen LogP contribution is -2.38. The quantitative estimate of drug-likeness (QED) is 0.472. The van der Waals surface area contributed by atoms with Crippen LogP contribution in [0.2, 0.25) is 0 Å². The molecule has 0 aromatic rings. The summed E-state index contributed by atoms with van der Waals surface area (Å²) < 4.78 is 6.34. The van der Waals surface area contributed by atoms with Gasteiger partial charge in [0.1, 0.15) is 0 Å². The highest BCUT2D eigenvalue weighted by atomic mass is 127. The lowest BCUT2D eigenvalue weighted by molar-refractivity contribution is -0.0890. The van der Waals surface area contributed by atoms with Crippen LogP contribution >= 0.6 is 22.6 Å². The maximum atomic E-state index is 5.18. The Morgan fingerprint density at radius 3 is 2.57 bits per heavy atom. The Labute approximate surface area is 57.6 Å². The summed E-state index contributed by atoms with van der Waals surface area (Å²) in [5, 5.41) is 0. The highest BCUT2D eigenvalue weighted by Gasteiger charge is 2.25. The third-order valence-electron chi connectivity index (χ3n) is 1.36. The molecule has 0 aromatic heterocycles. The zero-order valence-corrected chi connectivity index (χ0v) is 6.51. The molecule has 0 amide bonds. The van der Waals surface area contributed by atoms with Crippen LogP contribution in [0.3, 0.4) is 0 Å². The number of hydrogen-bond acceptors (Lipinski definition) is 1. The monoisotopic (exact) mass is 212 g/mol. The van der Waals surface area contributed by atoms with E-state index in [0.29, 0.717) is 6.10 Å². The lowest BCUT2D eigenvalue weighted by Gasteiger charge is -2.32. The first-order chi connectivity index (χ1) is 3.34. The Balaban J connectivity index is 2.16. The molecule has 2 atom stereocenters. The Kier molecular flexibility index (Phi) is 1.92. The number of ether oxygens (including phenoxy) is 1. The number of hydrogen-bond donors (Lipinski definition) is 0. The van der Waals surface area contributed by atoms with Crippen LogP contribution in [-0.4, -0.2) is 17.1 Å². The zero-order chi connectivity index (χ0) is 5.28. The van der Waals surface area contributed by atoms with Gasteiger partial charge in [0.15, 0.2) is 0 Å². The van der Waals surface area contributed by atoms with Crippen LogP contribution in [0.5, 0.6) is 0 Å². The third kappa shape index (κ3) is 1.08. The smallest absolute Gasteiger partial charge is 0.0712 e. The first kappa shape index (κ1) is 5.82. The molecule has 1 fully saturated rings. The van der Waals surface area contributed by atoms with Crippen LogP contribution in [0.4, 0.5) is 0 Å². The summed E-state index contributed by atoms with van der Waals surface area (Å²) >= 11 is 2.35. The molecule has 0 N–H and O–H groups in total. The van der Waals surface area contributed by atoms with E-state index in [1.54, 1.807) is 0 Å². The van der Waals surface area contributed by atoms with E-state index in [1.807, 2.05) is 0 Å². The molecule has 0 spiro atoms. The van der Waals surface area contributed by atoms with Crippen molar-refractivity contribution in [2.24, 2.45) is 5.92 Å². The normalized spacial score (nSPS) is 40.3. The summed E-state index contributed by atoms with van der Waals surface area (Å²) in [7, 11) is 0. The fraction of sp³-hybridized carbons (Fsp3) is 1.00. The second kappa shape index (κ2) is 2.31. The molecule has 1 saturated heterocycles. The van der Waals surface area contributed by atoms with Crippen molar-refractivity contribution in [2.45, 2.75) is 13.0 Å². The standard InChI is InChI=1S/C5H9IO/c1-4-3-7-5(4)2-6/h4-5H,2-3H2,1H3/t4-,5-/m0/s1. The van der Waals surface area contributed by atoms with E-state index in [0.717, 1.165) is 17.0 Å². The van der Waals surface area contributed by atoms with Gasteiger partial charge < -0.3 is 4.74 Å². The van der Waals surface area contributed by atoms with E-state index < -0.39 is 0 Å². The molecule has 42 valence electrons. The van der Waals surface area contributed by atoms with Gasteiger partial charge in [-0.15, -0.1) is 0 Å². The van der Waals surface area contributed by atoms with E-state index in [2.05, 4.69) is 29.5 Å². The van der Waals surface area contributed by atoms with Crippen LogP contribution in [0, 0.1) is 5.92 Å². The maximum Gasteiger partial charge on any atom is 0.0712 e. The number of alkyl halides is 1. The number of halogens is 1. The van der Waals surface area contributed by atoms with Gasteiger partial charge in [-0.1, -0.05) is 29.5 Å². The molecule has 1 heterocycles. The van der Waals surface area contributed by atoms with Crippen molar-refractivity contribution in [3.05, 3.63) is 0 Å². The highest BCUT2D eigenvalue weighted by molar-refractivity contribution is 14.1. The van der Waals surface area contributed by atoms with Crippen molar-refractivity contribution in [3.63, 3.8) is 0 Å². The van der Waals surface area contributed by atoms with Crippen molar-refractivity contribution in [3.8, 4) is 0 Å². The summed E-state index contributed by atoms with van der Waals surface area (Å²) in [6.45, 7) is 3.21. The van der Waals surface area contributed by atoms with E-state index in [1.165, 1.54) is 0 Å². The predicted molar refractivity (Wildman–Crippen MR) is 37.8 cm³/mol. The Bertz CT molecular complexity index is 63.1. The summed E-state index contributed by atoms with van der Waals surface area (Å²) in [6.07, 6.45) is 0.570. The third-order valence-corrected chi connectivity index (χ3v) is 2.23. The van der Waals surface area contributed by atoms with Gasteiger partial charge in [0.25, 0.3) is 0 Å². The molecule has 7 heavy (non-hydrogen) atoms. The van der Waals surface area contributed by atoms with Gasteiger partial charge in [0.05, 0.1) is 12.7 Å². The molecule has 0 saturated carbocycles. The van der Waals surface area contributed by atoms with Gasteiger partial charge in [-0.2, -0.15) is 0 Å². The second-order valence-electron chi connectivity index (χ2n) is 2.00. The fourth-order valence-electron chi connectivity index (χ4n) is 0.621.